The predicted octanol–water partition coefficient (Wildman–Crippen LogP) is 5.32. The molecule has 1 aliphatic carbocycles. The highest BCUT2D eigenvalue weighted by atomic mass is 16.6. The van der Waals surface area contributed by atoms with Crippen LogP contribution in [-0.2, 0) is 35.3 Å². The van der Waals surface area contributed by atoms with E-state index in [0.717, 1.165) is 15.4 Å². The number of aliphatic imine (C=N–C) groups is 1. The Labute approximate surface area is 503 Å². The van der Waals surface area contributed by atoms with E-state index < -0.39 is 59.5 Å². The van der Waals surface area contributed by atoms with E-state index in [-0.39, 0.29) is 118 Å². The molecule has 1 saturated carbocycles. The molecule has 7 N–H and O–H groups in total. The number of ether oxygens (including phenoxy) is 5. The predicted molar refractivity (Wildman–Crippen MR) is 318 cm³/mol. The number of aliphatic hydroxyl groups is 1. The molecule has 3 aromatic carbocycles. The van der Waals surface area contributed by atoms with Gasteiger partial charge in [0.15, 0.2) is 29.2 Å². The van der Waals surface area contributed by atoms with E-state index in [9.17, 15) is 48.3 Å². The summed E-state index contributed by atoms with van der Waals surface area (Å²) in [6, 6.07) is 9.81. The molecule has 0 radical (unpaired) electrons. The van der Waals surface area contributed by atoms with Gasteiger partial charge in [0, 0.05) is 68.9 Å². The van der Waals surface area contributed by atoms with Crippen LogP contribution in [0.5, 0.6) is 23.0 Å². The van der Waals surface area contributed by atoms with E-state index in [0.29, 0.717) is 104 Å². The van der Waals surface area contributed by atoms with E-state index in [2.05, 4.69) is 39.4 Å². The molecule has 0 bridgehead atoms. The first kappa shape index (κ1) is 62.3. The van der Waals surface area contributed by atoms with Crippen LogP contribution < -0.4 is 50.8 Å². The van der Waals surface area contributed by atoms with Gasteiger partial charge in [-0.25, -0.2) is 14.5 Å². The lowest BCUT2D eigenvalue weighted by Crippen LogP contribution is -2.58. The lowest BCUT2D eigenvalue weighted by molar-refractivity contribution is -0.151. The van der Waals surface area contributed by atoms with Crippen molar-refractivity contribution in [3.05, 3.63) is 102 Å². The van der Waals surface area contributed by atoms with Crippen LogP contribution in [0.1, 0.15) is 110 Å². The van der Waals surface area contributed by atoms with Crippen LogP contribution in [0.15, 0.2) is 90.0 Å². The second kappa shape index (κ2) is 27.8. The van der Waals surface area contributed by atoms with Gasteiger partial charge >= 0.3 is 12.1 Å². The first-order chi connectivity index (χ1) is 41.9. The highest BCUT2D eigenvalue weighted by Crippen LogP contribution is 2.44. The Hall–Kier alpha value is -9.26. The van der Waals surface area contributed by atoms with Gasteiger partial charge in [-0.3, -0.25) is 43.5 Å². The summed E-state index contributed by atoms with van der Waals surface area (Å²) in [5, 5.41) is 22.9. The Bertz CT molecular complexity index is 3250. The maximum absolute atomic E-state index is 14.3. The lowest BCUT2D eigenvalue weighted by Gasteiger charge is -2.39. The van der Waals surface area contributed by atoms with Crippen molar-refractivity contribution in [1.82, 2.24) is 30.7 Å². The number of benzene rings is 3. The van der Waals surface area contributed by atoms with Crippen molar-refractivity contribution in [2.45, 2.75) is 114 Å². The topological polar surface area (TPSA) is 319 Å². The molecule has 462 valence electrons. The van der Waals surface area contributed by atoms with Crippen molar-refractivity contribution in [2.24, 2.45) is 16.1 Å². The molecular formula is C62H74N10O15. The summed E-state index contributed by atoms with van der Waals surface area (Å²) >= 11 is 0. The summed E-state index contributed by atoms with van der Waals surface area (Å²) in [6.45, 7) is 9.63. The van der Waals surface area contributed by atoms with Gasteiger partial charge in [0.2, 0.25) is 17.7 Å². The van der Waals surface area contributed by atoms with Crippen molar-refractivity contribution in [3.8, 4) is 23.0 Å². The first-order valence-corrected chi connectivity index (χ1v) is 29.3. The van der Waals surface area contributed by atoms with E-state index in [4.69, 9.17) is 29.4 Å². The number of aliphatic hydroxyl groups excluding tert-OH is 1. The number of amides is 10. The molecule has 9 rings (SSSR count). The highest BCUT2D eigenvalue weighted by molar-refractivity contribution is 6.13. The second-order valence-corrected chi connectivity index (χ2v) is 22.4. The number of imide groups is 1. The molecule has 5 aliphatic heterocycles. The number of methoxy groups -OCH3 is 2. The third-order valence-electron chi connectivity index (χ3n) is 16.4. The SMILES string of the molecule is C=C1CC2C=Nc3cc(OCCCCCOc4cc5c(cc4OC)C(=O)N4CC(=C)C[C@H]4[C@H](O)N5C(=O)OCc4ccc(NC(=O)[C@H](CCCNC(N)=O)NC(=O)C5(C(=O)NCCCCCN6C(=O)C=CC6=O)CCC5)cc4)c(OC)cc3C(=O)N2C1. The smallest absolute Gasteiger partial charge is 0.416 e. The Morgan fingerprint density at radius 2 is 1.38 bits per heavy atom. The summed E-state index contributed by atoms with van der Waals surface area (Å²) in [6.07, 6.45) is 7.71. The zero-order chi connectivity index (χ0) is 61.9. The van der Waals surface area contributed by atoms with Gasteiger partial charge in [0.25, 0.3) is 23.6 Å². The molecule has 5 heterocycles. The largest absolute Gasteiger partial charge is 0.493 e. The molecular weight excluding hydrogens is 1120 g/mol. The van der Waals surface area contributed by atoms with Gasteiger partial charge in [-0.15, -0.1) is 0 Å². The van der Waals surface area contributed by atoms with Gasteiger partial charge in [-0.05, 0) is 107 Å². The number of anilines is 2. The minimum atomic E-state index is -1.56. The average Bonchev–Trinajstić information content (AvgIpc) is 1.84. The standard InChI is InChI=1S/C62H74N10O15/c1-37-27-41-33-66-45-31-50(48(83-3)29-42(45)55(76)70(41)34-37)85-25-9-6-10-26-86-51-32-46-43(30-49(51)84-4)56(77)71-35-38(2)28-47(71)57(78)72(46)61(82)87-36-39-14-16-40(17-15-39)67-54(75)44(13-11-23-65-60(63)81)68-59(80)62(20-12-21-62)58(79)64-22-7-5-8-24-69-52(73)18-19-53(69)74/h14-19,29-33,41,44,47,57,78H,1-2,5-13,20-28,34-36H2,3-4H3,(H,64,79)(H,67,75)(H,68,80)(H3,63,65,81)/t41?,44-,47-,57-/m0/s1. The summed E-state index contributed by atoms with van der Waals surface area (Å²) in [5.74, 6) is -1.66. The Balaban J connectivity index is 0.796. The third-order valence-corrected chi connectivity index (χ3v) is 16.4. The quantitative estimate of drug-likeness (QED) is 0.0244. The number of urea groups is 1. The zero-order valence-corrected chi connectivity index (χ0v) is 48.9. The normalized spacial score (nSPS) is 19.2. The Kier molecular flexibility index (Phi) is 19.9. The van der Waals surface area contributed by atoms with Crippen molar-refractivity contribution in [1.29, 1.82) is 0 Å². The number of primary amides is 1. The number of nitrogens with one attached hydrogen (secondary N) is 4. The molecule has 10 amide bonds. The molecule has 87 heavy (non-hydrogen) atoms. The molecule has 2 saturated heterocycles. The number of unbranched alkanes of at least 4 members (excludes halogenated alkanes) is 4. The Morgan fingerprint density at radius 1 is 0.747 bits per heavy atom. The highest BCUT2D eigenvalue weighted by Gasteiger charge is 2.52. The fraction of sp³-hybridized carbons (Fsp3) is 0.452. The third kappa shape index (κ3) is 14.2. The molecule has 4 atom stereocenters. The van der Waals surface area contributed by atoms with E-state index >= 15 is 0 Å². The van der Waals surface area contributed by atoms with Crippen LogP contribution in [0, 0.1) is 5.41 Å². The van der Waals surface area contributed by atoms with Gasteiger partial charge in [-0.2, -0.15) is 0 Å². The van der Waals surface area contributed by atoms with Crippen LogP contribution >= 0.6 is 0 Å². The molecule has 3 aromatic rings. The van der Waals surface area contributed by atoms with Crippen LogP contribution in [0.2, 0.25) is 0 Å². The summed E-state index contributed by atoms with van der Waals surface area (Å²) in [7, 11) is 2.94. The molecule has 3 fully saturated rings. The number of hydrogen-bond donors (Lipinski definition) is 6. The number of carbonyl (C=O) groups excluding carboxylic acids is 9. The summed E-state index contributed by atoms with van der Waals surface area (Å²) < 4.78 is 29.5. The van der Waals surface area contributed by atoms with Gasteiger partial charge in [0.1, 0.15) is 18.1 Å². The van der Waals surface area contributed by atoms with E-state index in [1.54, 1.807) is 47.5 Å². The zero-order valence-electron chi connectivity index (χ0n) is 48.9. The van der Waals surface area contributed by atoms with Crippen LogP contribution in [0.3, 0.4) is 0 Å². The van der Waals surface area contributed by atoms with Crippen molar-refractivity contribution in [2.75, 3.05) is 70.4 Å². The molecule has 25 nitrogen and oxygen atoms in total. The first-order valence-electron chi connectivity index (χ1n) is 29.3. The molecule has 0 aromatic heterocycles. The maximum atomic E-state index is 14.3. The summed E-state index contributed by atoms with van der Waals surface area (Å²) in [4.78, 5) is 128. The minimum absolute atomic E-state index is 0.0418. The van der Waals surface area contributed by atoms with Crippen molar-refractivity contribution >= 4 is 76.8 Å². The Morgan fingerprint density at radius 3 is 2.05 bits per heavy atom. The van der Waals surface area contributed by atoms with E-state index in [1.807, 2.05) is 0 Å². The van der Waals surface area contributed by atoms with Crippen LogP contribution in [-0.4, -0.2) is 164 Å². The number of rotatable bonds is 27. The molecule has 1 unspecified atom stereocenters. The van der Waals surface area contributed by atoms with Crippen molar-refractivity contribution < 1.29 is 71.9 Å². The second-order valence-electron chi connectivity index (χ2n) is 22.4. The van der Waals surface area contributed by atoms with Crippen molar-refractivity contribution in [3.63, 3.8) is 0 Å². The number of nitrogens with zero attached hydrogens (tertiary/aromatic N) is 5. The molecule has 6 aliphatic rings. The van der Waals surface area contributed by atoms with Gasteiger partial charge < -0.3 is 65.6 Å². The van der Waals surface area contributed by atoms with E-state index in [1.165, 1.54) is 43.4 Å². The molecule has 25 heteroatoms. The lowest BCUT2D eigenvalue weighted by atomic mass is 9.67. The molecule has 0 spiro atoms. The fourth-order valence-corrected chi connectivity index (χ4v) is 11.4. The summed E-state index contributed by atoms with van der Waals surface area (Å²) in [5.41, 5.74) is 7.38. The number of hydrogen-bond acceptors (Lipinski definition) is 16. The van der Waals surface area contributed by atoms with Crippen LogP contribution in [0.4, 0.5) is 26.7 Å². The monoisotopic (exact) mass is 1200 g/mol. The van der Waals surface area contributed by atoms with Gasteiger partial charge in [0.05, 0.1) is 62.0 Å². The maximum Gasteiger partial charge on any atom is 0.416 e. The number of nitrogens with two attached hydrogens (primary N) is 1. The average molecular weight is 1200 g/mol. The number of carbonyl (C=O) groups is 9. The van der Waals surface area contributed by atoms with Crippen LogP contribution in [0.25, 0.3) is 0 Å². The number of fused-ring (bicyclic) bond motifs is 4. The van der Waals surface area contributed by atoms with Gasteiger partial charge in [-0.1, -0.05) is 42.9 Å². The fourth-order valence-electron chi connectivity index (χ4n) is 11.4. The minimum Gasteiger partial charge on any atom is -0.493 e.